The molecule has 0 aliphatic carbocycles. The van der Waals surface area contributed by atoms with Gasteiger partial charge in [-0.1, -0.05) is 0 Å². The maximum Gasteiger partial charge on any atom is 0.292 e. The van der Waals surface area contributed by atoms with Crippen LogP contribution in [0.4, 0.5) is 18.9 Å². The van der Waals surface area contributed by atoms with Crippen molar-refractivity contribution in [3.05, 3.63) is 23.8 Å². The average Bonchev–Trinajstić information content (AvgIpc) is 3.16. The molecule has 0 saturated carbocycles. The topological polar surface area (TPSA) is 49.9 Å². The fourth-order valence-corrected chi connectivity index (χ4v) is 5.43. The molecule has 0 N–H and O–H groups in total. The number of methoxy groups -OCH3 is 1. The van der Waals surface area contributed by atoms with Crippen LogP contribution in [0.5, 0.6) is 0 Å². The van der Waals surface area contributed by atoms with E-state index in [4.69, 9.17) is 4.74 Å². The maximum atomic E-state index is 14.4. The molecule has 2 heterocycles. The highest BCUT2D eigenvalue weighted by atomic mass is 32.2. The smallest absolute Gasteiger partial charge is 0.292 e. The number of rotatable bonds is 7. The van der Waals surface area contributed by atoms with Crippen molar-refractivity contribution in [1.82, 2.24) is 4.31 Å². The average molecular weight is 392 g/mol. The molecule has 2 aliphatic heterocycles. The van der Waals surface area contributed by atoms with E-state index in [-0.39, 0.29) is 41.8 Å². The summed E-state index contributed by atoms with van der Waals surface area (Å²) in [6.07, 6.45) is 1.55. The maximum absolute atomic E-state index is 14.4. The molecule has 2 aliphatic rings. The van der Waals surface area contributed by atoms with Crippen LogP contribution in [-0.4, -0.2) is 58.8 Å². The van der Waals surface area contributed by atoms with Gasteiger partial charge >= 0.3 is 0 Å². The second-order valence-corrected chi connectivity index (χ2v) is 8.61. The lowest BCUT2D eigenvalue weighted by Crippen LogP contribution is -2.38. The first-order valence-electron chi connectivity index (χ1n) is 8.65. The van der Waals surface area contributed by atoms with Crippen LogP contribution in [0.2, 0.25) is 0 Å². The Morgan fingerprint density at radius 3 is 2.81 bits per heavy atom. The third-order valence-corrected chi connectivity index (χ3v) is 6.89. The number of alkyl halides is 3. The van der Waals surface area contributed by atoms with Crippen molar-refractivity contribution in [3.8, 4) is 0 Å². The number of fused-ring (bicyclic) bond motifs is 1. The zero-order chi connectivity index (χ0) is 18.9. The quantitative estimate of drug-likeness (QED) is 0.716. The molecular weight excluding hydrogens is 369 g/mol. The second kappa shape index (κ2) is 7.36. The summed E-state index contributed by atoms with van der Waals surface area (Å²) in [6, 6.07) is 3.56. The van der Waals surface area contributed by atoms with Gasteiger partial charge < -0.3 is 9.64 Å². The molecule has 5 nitrogen and oxygen atoms in total. The largest absolute Gasteiger partial charge is 0.383 e. The van der Waals surface area contributed by atoms with Gasteiger partial charge in [-0.05, 0) is 37.5 Å². The molecule has 1 atom stereocenters. The molecule has 1 aromatic rings. The van der Waals surface area contributed by atoms with E-state index in [1.807, 2.05) is 0 Å². The minimum Gasteiger partial charge on any atom is -0.383 e. The summed E-state index contributed by atoms with van der Waals surface area (Å²) in [5, 5.41) is 0. The lowest BCUT2D eigenvalue weighted by Gasteiger charge is -2.24. The van der Waals surface area contributed by atoms with Crippen molar-refractivity contribution in [2.24, 2.45) is 0 Å². The number of anilines is 1. The SMILES string of the molecule is COC[C@@H]1CCCN1S(=O)(=O)c1ccc2c(c1)C(F)(F)CN2CCCF. The van der Waals surface area contributed by atoms with E-state index in [1.54, 1.807) is 0 Å². The van der Waals surface area contributed by atoms with Gasteiger partial charge in [0.2, 0.25) is 10.0 Å². The lowest BCUT2D eigenvalue weighted by atomic mass is 10.1. The van der Waals surface area contributed by atoms with Gasteiger partial charge in [0.05, 0.1) is 24.7 Å². The minimum absolute atomic E-state index is 0.133. The van der Waals surface area contributed by atoms with Crippen LogP contribution in [-0.2, 0) is 20.7 Å². The van der Waals surface area contributed by atoms with Gasteiger partial charge in [0.1, 0.15) is 0 Å². The van der Waals surface area contributed by atoms with Gasteiger partial charge in [0, 0.05) is 37.5 Å². The van der Waals surface area contributed by atoms with E-state index < -0.39 is 29.2 Å². The number of benzene rings is 1. The Kier molecular flexibility index (Phi) is 5.50. The first kappa shape index (κ1) is 19.4. The molecule has 0 unspecified atom stereocenters. The van der Waals surface area contributed by atoms with Crippen LogP contribution in [0.25, 0.3) is 0 Å². The molecule has 0 spiro atoms. The van der Waals surface area contributed by atoms with Crippen molar-refractivity contribution < 1.29 is 26.3 Å². The molecule has 26 heavy (non-hydrogen) atoms. The molecule has 1 fully saturated rings. The number of halogens is 3. The van der Waals surface area contributed by atoms with E-state index in [2.05, 4.69) is 0 Å². The van der Waals surface area contributed by atoms with Crippen LogP contribution >= 0.6 is 0 Å². The molecule has 0 bridgehead atoms. The van der Waals surface area contributed by atoms with Crippen molar-refractivity contribution in [1.29, 1.82) is 0 Å². The van der Waals surface area contributed by atoms with Gasteiger partial charge in [-0.2, -0.15) is 13.1 Å². The second-order valence-electron chi connectivity index (χ2n) is 6.71. The molecular formula is C17H23F3N2O3S. The Bertz CT molecular complexity index is 758. The summed E-state index contributed by atoms with van der Waals surface area (Å²) >= 11 is 0. The number of sulfonamides is 1. The van der Waals surface area contributed by atoms with Crippen molar-refractivity contribution in [3.63, 3.8) is 0 Å². The fourth-order valence-electron chi connectivity index (χ4n) is 3.72. The summed E-state index contributed by atoms with van der Waals surface area (Å²) < 4.78 is 73.5. The highest BCUT2D eigenvalue weighted by Gasteiger charge is 2.45. The third-order valence-electron chi connectivity index (χ3n) is 4.94. The molecule has 3 rings (SSSR count). The molecule has 0 radical (unpaired) electrons. The summed E-state index contributed by atoms with van der Waals surface area (Å²) in [5.41, 5.74) is -0.0304. The monoisotopic (exact) mass is 392 g/mol. The predicted molar refractivity (Wildman–Crippen MR) is 91.9 cm³/mol. The Balaban J connectivity index is 1.93. The predicted octanol–water partition coefficient (Wildman–Crippen LogP) is 2.76. The summed E-state index contributed by atoms with van der Waals surface area (Å²) in [5.74, 6) is -3.16. The van der Waals surface area contributed by atoms with Crippen molar-refractivity contribution in [2.45, 2.75) is 36.1 Å². The van der Waals surface area contributed by atoms with Crippen LogP contribution in [0.15, 0.2) is 23.1 Å². The van der Waals surface area contributed by atoms with Crippen LogP contribution in [0.3, 0.4) is 0 Å². The Labute approximate surface area is 151 Å². The van der Waals surface area contributed by atoms with E-state index >= 15 is 0 Å². The fraction of sp³-hybridized carbons (Fsp3) is 0.647. The van der Waals surface area contributed by atoms with Crippen LogP contribution in [0.1, 0.15) is 24.8 Å². The normalized spacial score (nSPS) is 22.8. The zero-order valence-electron chi connectivity index (χ0n) is 14.6. The first-order valence-corrected chi connectivity index (χ1v) is 10.1. The standard InChI is InChI=1S/C17H23F3N2O3S/c1-25-11-13-4-2-9-22(13)26(23,24)14-5-6-16-15(10-14)17(19,20)12-21(16)8-3-7-18/h5-6,10,13H,2-4,7-9,11-12H2,1H3/t13-/m0/s1. The molecule has 0 amide bonds. The Morgan fingerprint density at radius 2 is 2.12 bits per heavy atom. The lowest BCUT2D eigenvalue weighted by molar-refractivity contribution is 0.0138. The minimum atomic E-state index is -3.87. The van der Waals surface area contributed by atoms with Crippen LogP contribution < -0.4 is 4.90 Å². The highest BCUT2D eigenvalue weighted by molar-refractivity contribution is 7.89. The Hall–Kier alpha value is -1.32. The first-order chi connectivity index (χ1) is 12.3. The van der Waals surface area contributed by atoms with Gasteiger partial charge in [0.15, 0.2) is 0 Å². The summed E-state index contributed by atoms with van der Waals surface area (Å²) in [4.78, 5) is 1.28. The van der Waals surface area contributed by atoms with Gasteiger partial charge in [0.25, 0.3) is 5.92 Å². The van der Waals surface area contributed by atoms with Crippen LogP contribution in [0, 0.1) is 0 Å². The zero-order valence-corrected chi connectivity index (χ0v) is 15.4. The highest BCUT2D eigenvalue weighted by Crippen LogP contribution is 2.44. The van der Waals surface area contributed by atoms with Crippen molar-refractivity contribution in [2.75, 3.05) is 44.9 Å². The van der Waals surface area contributed by atoms with E-state index in [0.29, 0.717) is 19.4 Å². The third kappa shape index (κ3) is 3.44. The van der Waals surface area contributed by atoms with Gasteiger partial charge in [-0.15, -0.1) is 0 Å². The number of hydrogen-bond donors (Lipinski definition) is 0. The molecule has 0 aromatic heterocycles. The van der Waals surface area contributed by atoms with E-state index in [0.717, 1.165) is 6.07 Å². The van der Waals surface area contributed by atoms with Gasteiger partial charge in [-0.3, -0.25) is 4.39 Å². The van der Waals surface area contributed by atoms with Gasteiger partial charge in [-0.25, -0.2) is 8.42 Å². The molecule has 9 heteroatoms. The van der Waals surface area contributed by atoms with E-state index in [1.165, 1.54) is 28.4 Å². The molecule has 1 aromatic carbocycles. The number of hydrogen-bond acceptors (Lipinski definition) is 4. The molecule has 1 saturated heterocycles. The summed E-state index contributed by atoms with van der Waals surface area (Å²) in [7, 11) is -2.37. The number of nitrogens with zero attached hydrogens (tertiary/aromatic N) is 2. The summed E-state index contributed by atoms with van der Waals surface area (Å²) in [6.45, 7) is -0.335. The molecule has 146 valence electrons. The van der Waals surface area contributed by atoms with Crippen molar-refractivity contribution >= 4 is 15.7 Å². The Morgan fingerprint density at radius 1 is 1.35 bits per heavy atom. The van der Waals surface area contributed by atoms with E-state index in [9.17, 15) is 21.6 Å². The number of ether oxygens (including phenoxy) is 1.